The van der Waals surface area contributed by atoms with Crippen molar-refractivity contribution in [1.29, 1.82) is 0 Å². The summed E-state index contributed by atoms with van der Waals surface area (Å²) in [5, 5.41) is 0. The summed E-state index contributed by atoms with van der Waals surface area (Å²) in [6.07, 6.45) is 3.74. The van der Waals surface area contributed by atoms with Gasteiger partial charge in [0.2, 0.25) is 0 Å². The van der Waals surface area contributed by atoms with Gasteiger partial charge >= 0.3 is 5.97 Å². The smallest absolute Gasteiger partial charge is 0.306 e. The van der Waals surface area contributed by atoms with Crippen LogP contribution >= 0.6 is 11.8 Å². The molecule has 0 spiro atoms. The molecule has 3 heteroatoms. The number of hydrogen-bond donors (Lipinski definition) is 0. The van der Waals surface area contributed by atoms with Gasteiger partial charge in [-0.3, -0.25) is 4.79 Å². The third kappa shape index (κ3) is 1.86. The number of thioether (sulfide) groups is 1. The summed E-state index contributed by atoms with van der Waals surface area (Å²) in [7, 11) is 0. The van der Waals surface area contributed by atoms with Crippen LogP contribution in [0.15, 0.2) is 35.2 Å². The zero-order chi connectivity index (χ0) is 11.9. The Labute approximate surface area is 106 Å². The SMILES string of the molecule is CC1(C2(Sc3ccccc3)CC2)CCC(=O)O1. The zero-order valence-electron chi connectivity index (χ0n) is 9.94. The van der Waals surface area contributed by atoms with Crippen molar-refractivity contribution in [2.75, 3.05) is 0 Å². The van der Waals surface area contributed by atoms with Gasteiger partial charge in [-0.2, -0.15) is 0 Å². The van der Waals surface area contributed by atoms with Crippen LogP contribution in [-0.2, 0) is 9.53 Å². The molecular weight excluding hydrogens is 232 g/mol. The average Bonchev–Trinajstić information content (AvgIpc) is 3.01. The predicted molar refractivity (Wildman–Crippen MR) is 68.0 cm³/mol. The first-order valence-electron chi connectivity index (χ1n) is 6.10. The predicted octanol–water partition coefficient (Wildman–Crippen LogP) is 3.41. The molecule has 1 aromatic rings. The standard InChI is InChI=1S/C14H16O2S/c1-13(8-7-12(15)16-13)14(9-10-14)17-11-5-3-2-4-6-11/h2-6H,7-10H2,1H3. The topological polar surface area (TPSA) is 26.3 Å². The molecule has 1 atom stereocenters. The highest BCUT2D eigenvalue weighted by Crippen LogP contribution is 2.61. The Kier molecular flexibility index (Phi) is 2.47. The fourth-order valence-electron chi connectivity index (χ4n) is 2.58. The van der Waals surface area contributed by atoms with E-state index in [0.717, 1.165) is 19.3 Å². The van der Waals surface area contributed by atoms with Gasteiger partial charge in [0, 0.05) is 11.3 Å². The third-order valence-corrected chi connectivity index (χ3v) is 5.61. The van der Waals surface area contributed by atoms with Crippen molar-refractivity contribution in [3.63, 3.8) is 0 Å². The Morgan fingerprint density at radius 1 is 1.18 bits per heavy atom. The molecule has 2 fully saturated rings. The van der Waals surface area contributed by atoms with Gasteiger partial charge in [-0.15, -0.1) is 11.8 Å². The number of hydrogen-bond acceptors (Lipinski definition) is 3. The molecule has 1 aromatic carbocycles. The molecule has 0 bridgehead atoms. The van der Waals surface area contributed by atoms with Crippen molar-refractivity contribution < 1.29 is 9.53 Å². The normalized spacial score (nSPS) is 30.1. The van der Waals surface area contributed by atoms with Crippen molar-refractivity contribution in [3.8, 4) is 0 Å². The molecule has 0 radical (unpaired) electrons. The summed E-state index contributed by atoms with van der Waals surface area (Å²) < 4.78 is 5.71. The van der Waals surface area contributed by atoms with Crippen LogP contribution in [0.5, 0.6) is 0 Å². The fourth-order valence-corrected chi connectivity index (χ4v) is 3.99. The largest absolute Gasteiger partial charge is 0.458 e. The molecule has 0 aromatic heterocycles. The highest BCUT2D eigenvalue weighted by molar-refractivity contribution is 8.01. The molecule has 0 N–H and O–H groups in total. The maximum absolute atomic E-state index is 11.4. The van der Waals surface area contributed by atoms with Crippen LogP contribution in [0, 0.1) is 0 Å². The molecule has 1 unspecified atom stereocenters. The molecule has 1 aliphatic carbocycles. The first-order chi connectivity index (χ1) is 8.14. The average molecular weight is 248 g/mol. The second kappa shape index (κ2) is 3.77. The van der Waals surface area contributed by atoms with Gasteiger partial charge in [0.25, 0.3) is 0 Å². The highest BCUT2D eigenvalue weighted by atomic mass is 32.2. The third-order valence-electron chi connectivity index (χ3n) is 3.87. The number of carbonyl (C=O) groups excluding carboxylic acids is 1. The summed E-state index contributed by atoms with van der Waals surface area (Å²) in [6.45, 7) is 2.10. The van der Waals surface area contributed by atoms with Crippen LogP contribution in [0.2, 0.25) is 0 Å². The molecule has 3 rings (SSSR count). The lowest BCUT2D eigenvalue weighted by molar-refractivity contribution is -0.147. The number of esters is 1. The zero-order valence-corrected chi connectivity index (χ0v) is 10.8. The number of benzene rings is 1. The quantitative estimate of drug-likeness (QED) is 0.767. The lowest BCUT2D eigenvalue weighted by Crippen LogP contribution is -2.38. The molecule has 1 saturated heterocycles. The number of carbonyl (C=O) groups is 1. The minimum absolute atomic E-state index is 0.0348. The van der Waals surface area contributed by atoms with Gasteiger partial charge in [0.05, 0.1) is 4.75 Å². The summed E-state index contributed by atoms with van der Waals surface area (Å²) in [5.41, 5.74) is -0.259. The maximum atomic E-state index is 11.4. The van der Waals surface area contributed by atoms with Gasteiger partial charge in [-0.1, -0.05) is 18.2 Å². The van der Waals surface area contributed by atoms with Crippen molar-refractivity contribution in [2.24, 2.45) is 0 Å². The minimum atomic E-state index is -0.259. The fraction of sp³-hybridized carbons (Fsp3) is 0.500. The van der Waals surface area contributed by atoms with Gasteiger partial charge < -0.3 is 4.74 Å². The Balaban J connectivity index is 1.81. The molecule has 90 valence electrons. The summed E-state index contributed by atoms with van der Waals surface area (Å²) in [6, 6.07) is 10.4. The molecule has 2 aliphatic rings. The molecular formula is C14H16O2S. The van der Waals surface area contributed by atoms with E-state index in [0.29, 0.717) is 6.42 Å². The number of ether oxygens (including phenoxy) is 1. The van der Waals surface area contributed by atoms with E-state index in [9.17, 15) is 4.79 Å². The first-order valence-corrected chi connectivity index (χ1v) is 6.91. The molecule has 17 heavy (non-hydrogen) atoms. The van der Waals surface area contributed by atoms with Crippen molar-refractivity contribution in [3.05, 3.63) is 30.3 Å². The van der Waals surface area contributed by atoms with Gasteiger partial charge in [-0.05, 0) is 38.3 Å². The highest BCUT2D eigenvalue weighted by Gasteiger charge is 2.61. The minimum Gasteiger partial charge on any atom is -0.458 e. The van der Waals surface area contributed by atoms with Crippen molar-refractivity contribution in [1.82, 2.24) is 0 Å². The van der Waals surface area contributed by atoms with Crippen LogP contribution in [0.25, 0.3) is 0 Å². The van der Waals surface area contributed by atoms with E-state index in [1.807, 2.05) is 17.8 Å². The van der Waals surface area contributed by atoms with E-state index in [4.69, 9.17) is 4.74 Å². The van der Waals surface area contributed by atoms with E-state index in [-0.39, 0.29) is 16.3 Å². The summed E-state index contributed by atoms with van der Waals surface area (Å²) in [4.78, 5) is 12.6. The second-order valence-corrected chi connectivity index (χ2v) is 6.57. The van der Waals surface area contributed by atoms with Gasteiger partial charge in [0.15, 0.2) is 0 Å². The lowest BCUT2D eigenvalue weighted by atomic mass is 9.96. The Morgan fingerprint density at radius 2 is 1.88 bits per heavy atom. The molecule has 1 aliphatic heterocycles. The Morgan fingerprint density at radius 3 is 2.41 bits per heavy atom. The lowest BCUT2D eigenvalue weighted by Gasteiger charge is -2.32. The van der Waals surface area contributed by atoms with Gasteiger partial charge in [-0.25, -0.2) is 0 Å². The number of rotatable bonds is 3. The summed E-state index contributed by atoms with van der Waals surface area (Å²) in [5.74, 6) is -0.0348. The maximum Gasteiger partial charge on any atom is 0.306 e. The Bertz CT molecular complexity index is 439. The molecule has 0 amide bonds. The van der Waals surface area contributed by atoms with E-state index >= 15 is 0 Å². The van der Waals surface area contributed by atoms with Crippen LogP contribution < -0.4 is 0 Å². The van der Waals surface area contributed by atoms with E-state index < -0.39 is 0 Å². The van der Waals surface area contributed by atoms with E-state index in [1.165, 1.54) is 4.90 Å². The van der Waals surface area contributed by atoms with Crippen LogP contribution in [0.1, 0.15) is 32.6 Å². The van der Waals surface area contributed by atoms with Crippen LogP contribution in [-0.4, -0.2) is 16.3 Å². The van der Waals surface area contributed by atoms with Gasteiger partial charge in [0.1, 0.15) is 5.60 Å². The van der Waals surface area contributed by atoms with Crippen molar-refractivity contribution >= 4 is 17.7 Å². The van der Waals surface area contributed by atoms with E-state index in [1.54, 1.807) is 0 Å². The summed E-state index contributed by atoms with van der Waals surface area (Å²) >= 11 is 1.88. The second-order valence-electron chi connectivity index (χ2n) is 5.11. The first kappa shape index (κ1) is 11.1. The number of cyclic esters (lactones) is 1. The van der Waals surface area contributed by atoms with Crippen LogP contribution in [0.4, 0.5) is 0 Å². The van der Waals surface area contributed by atoms with Crippen molar-refractivity contribution in [2.45, 2.75) is 47.9 Å². The van der Waals surface area contributed by atoms with E-state index in [2.05, 4.69) is 31.2 Å². The molecule has 1 heterocycles. The monoisotopic (exact) mass is 248 g/mol. The van der Waals surface area contributed by atoms with Crippen LogP contribution in [0.3, 0.4) is 0 Å². The Hall–Kier alpha value is -0.960. The molecule has 1 saturated carbocycles. The molecule has 2 nitrogen and oxygen atoms in total.